The number of anilines is 1. The van der Waals surface area contributed by atoms with E-state index >= 15 is 4.79 Å². The molecule has 5 aliphatic heterocycles. The smallest absolute Gasteiger partial charge is 0.344 e. The maximum absolute atomic E-state index is 15.3. The van der Waals surface area contributed by atoms with Crippen LogP contribution in [0.25, 0.3) is 10.9 Å². The lowest BCUT2D eigenvalue weighted by molar-refractivity contribution is -0.228. The Hall–Kier alpha value is -5.78. The quantitative estimate of drug-likeness (QED) is 0.0452. The average molecular weight is 1130 g/mol. The number of halogens is 2. The molecule has 5 aromatic rings. The topological polar surface area (TPSA) is 183 Å². The maximum Gasteiger partial charge on any atom is 0.344 e. The van der Waals surface area contributed by atoms with Gasteiger partial charge < -0.3 is 44.4 Å². The van der Waals surface area contributed by atoms with Gasteiger partial charge >= 0.3 is 17.9 Å². The van der Waals surface area contributed by atoms with E-state index in [2.05, 4.69) is 56.5 Å². The number of aromatic amines is 1. The number of carbonyl (C=O) groups excluding carboxylic acids is 4. The van der Waals surface area contributed by atoms with Gasteiger partial charge in [0.2, 0.25) is 12.0 Å². The molecule has 2 bridgehead atoms. The number of H-pyrrole nitrogens is 1. The molecule has 6 heterocycles. The van der Waals surface area contributed by atoms with Crippen molar-refractivity contribution in [3.05, 3.63) is 140 Å². The molecule has 7 aliphatic rings. The number of hydrogen-bond acceptors (Lipinski definition) is 13. The van der Waals surface area contributed by atoms with E-state index in [-0.39, 0.29) is 12.3 Å². The number of aliphatic hydroxyl groups is 2. The Morgan fingerprint density at radius 2 is 1.61 bits per heavy atom. The van der Waals surface area contributed by atoms with Crippen molar-refractivity contribution in [3.63, 3.8) is 0 Å². The van der Waals surface area contributed by atoms with Crippen molar-refractivity contribution in [3.8, 4) is 5.75 Å². The van der Waals surface area contributed by atoms with Gasteiger partial charge in [0.25, 0.3) is 0 Å². The van der Waals surface area contributed by atoms with Crippen LogP contribution in [0.2, 0.25) is 10.0 Å². The molecule has 2 saturated heterocycles. The van der Waals surface area contributed by atoms with Crippen molar-refractivity contribution in [2.24, 2.45) is 11.3 Å². The molecular formula is C63H73Cl2N5O10. The number of esters is 3. The summed E-state index contributed by atoms with van der Waals surface area (Å²) in [6.45, 7) is 8.16. The molecule has 424 valence electrons. The van der Waals surface area contributed by atoms with Crippen LogP contribution in [0.3, 0.4) is 0 Å². The normalized spacial score (nSPS) is 32.7. The van der Waals surface area contributed by atoms with Crippen LogP contribution in [0, 0.1) is 11.3 Å². The number of aromatic nitrogens is 1. The number of amides is 1. The minimum Gasteiger partial charge on any atom is -0.496 e. The summed E-state index contributed by atoms with van der Waals surface area (Å²) in [6, 6.07) is 25.1. The predicted octanol–water partition coefficient (Wildman–Crippen LogP) is 8.70. The third kappa shape index (κ3) is 8.37. The Balaban J connectivity index is 0.000000282. The number of ether oxygens (including phenoxy) is 4. The number of benzene rings is 4. The second-order valence-electron chi connectivity index (χ2n) is 23.4. The third-order valence-corrected chi connectivity index (χ3v) is 20.4. The van der Waals surface area contributed by atoms with E-state index in [1.54, 1.807) is 6.07 Å². The summed E-state index contributed by atoms with van der Waals surface area (Å²) in [5, 5.41) is 30.9. The molecule has 12 atom stereocenters. The van der Waals surface area contributed by atoms with Gasteiger partial charge in [-0.15, -0.1) is 0 Å². The molecule has 2 aliphatic carbocycles. The number of piperidine rings is 1. The Morgan fingerprint density at radius 3 is 2.30 bits per heavy atom. The fourth-order valence-electron chi connectivity index (χ4n) is 16.5. The van der Waals surface area contributed by atoms with Crippen LogP contribution >= 0.6 is 23.2 Å². The van der Waals surface area contributed by atoms with Gasteiger partial charge in [-0.25, -0.2) is 4.79 Å². The predicted molar refractivity (Wildman–Crippen MR) is 306 cm³/mol. The molecule has 15 nitrogen and oxygen atoms in total. The van der Waals surface area contributed by atoms with E-state index in [4.69, 9.17) is 42.1 Å². The Bertz CT molecular complexity index is 3300. The van der Waals surface area contributed by atoms with Crippen molar-refractivity contribution in [2.45, 2.75) is 124 Å². The maximum atomic E-state index is 15.3. The number of carbonyl (C=O) groups is 4. The average Bonchev–Trinajstić information content (AvgIpc) is 4.15. The molecule has 17 heteroatoms. The molecule has 4 aromatic carbocycles. The molecule has 1 spiro atoms. The van der Waals surface area contributed by atoms with Crippen LogP contribution in [0.1, 0.15) is 117 Å². The molecule has 1 unspecified atom stereocenters. The first kappa shape index (κ1) is 56.1. The van der Waals surface area contributed by atoms with Crippen molar-refractivity contribution < 1.29 is 48.3 Å². The summed E-state index contributed by atoms with van der Waals surface area (Å²) in [6.07, 6.45) is 8.10. The SMILES string of the molecule is CC[C@]1(O)C[C@@H]2CN(CCc3c([nH]c4ccccc34)[C@@](C(=O)OC)(c3cc4c(cc3OC)N(C=O)[C@H]3[C@@](O)(C(=O)OC)[C@H](OC(C)=O)[C@]5(CC)C=CCN6CC[C@]43[C@@H]65)C2)C1.CN[C@H]1CC[C@@H](c2ccc(Cl)c(Cl)c2)c2ccccc21. The van der Waals surface area contributed by atoms with E-state index in [1.807, 2.05) is 69.4 Å². The number of methoxy groups -OCH3 is 3. The first-order valence-corrected chi connectivity index (χ1v) is 28.9. The molecule has 80 heavy (non-hydrogen) atoms. The second kappa shape index (κ2) is 21.2. The number of nitrogens with zero attached hydrogens (tertiary/aromatic N) is 3. The zero-order valence-electron chi connectivity index (χ0n) is 46.7. The Kier molecular flexibility index (Phi) is 14.9. The Morgan fingerprint density at radius 1 is 0.863 bits per heavy atom. The standard InChI is InChI=1S/C46H56N4O10.C17H17Cl2N/c1-7-42(55)22-28-23-45(40(53)58-5,36-30(14-18-48(24-28)25-42)29-12-9-10-13-33(29)47-36)32-20-31-34(21-35(32)57-4)50(26-51)38-44(31)16-19-49-17-11-15-43(8-2,37(44)49)39(60-27(3)52)46(38,56)41(54)59-6;1-20-17-9-7-12(13-4-2-3-5-14(13)17)11-6-8-15(18)16(19)10-11/h9-13,15,20-21,26,28,37-39,47,55-56H,7-8,14,16-19,22-25H2,1-6H3;2-6,8,10,12,17,20H,7,9H2,1H3/t28-,37-,38+,39+,42-,43+,44+,45-,46-;12-,17-/m00/s1. The lowest BCUT2D eigenvalue weighted by atomic mass is 9.47. The van der Waals surface area contributed by atoms with Crippen LogP contribution in [-0.2, 0) is 50.6 Å². The van der Waals surface area contributed by atoms with Crippen LogP contribution in [0.4, 0.5) is 5.69 Å². The largest absolute Gasteiger partial charge is 0.496 e. The van der Waals surface area contributed by atoms with Crippen molar-refractivity contribution in [2.75, 3.05) is 66.0 Å². The minimum absolute atomic E-state index is 0.155. The highest BCUT2D eigenvalue weighted by Crippen LogP contribution is 2.68. The van der Waals surface area contributed by atoms with E-state index < -0.39 is 63.5 Å². The van der Waals surface area contributed by atoms with E-state index in [0.29, 0.717) is 122 Å². The lowest BCUT2D eigenvalue weighted by Gasteiger charge is -2.63. The second-order valence-corrected chi connectivity index (χ2v) is 24.2. The van der Waals surface area contributed by atoms with Gasteiger partial charge in [0.15, 0.2) is 6.10 Å². The summed E-state index contributed by atoms with van der Waals surface area (Å²) in [4.78, 5) is 66.1. The first-order valence-electron chi connectivity index (χ1n) is 28.2. The highest BCUT2D eigenvalue weighted by molar-refractivity contribution is 6.42. The van der Waals surface area contributed by atoms with Crippen molar-refractivity contribution >= 4 is 64.1 Å². The molecule has 4 N–H and O–H groups in total. The molecule has 0 radical (unpaired) electrons. The molecule has 1 aromatic heterocycles. The summed E-state index contributed by atoms with van der Waals surface area (Å²) in [5.41, 5.74) is 0.901. The van der Waals surface area contributed by atoms with Gasteiger partial charge in [-0.1, -0.05) is 97.7 Å². The number of nitrogens with one attached hydrogen (secondary N) is 2. The number of rotatable bonds is 10. The third-order valence-electron chi connectivity index (χ3n) is 19.7. The van der Waals surface area contributed by atoms with Gasteiger partial charge in [0.05, 0.1) is 48.7 Å². The highest BCUT2D eigenvalue weighted by atomic mass is 35.5. The molecular weight excluding hydrogens is 1060 g/mol. The van der Waals surface area contributed by atoms with Crippen molar-refractivity contribution in [1.29, 1.82) is 0 Å². The monoisotopic (exact) mass is 1130 g/mol. The molecule has 3 fully saturated rings. The van der Waals surface area contributed by atoms with Gasteiger partial charge in [-0.2, -0.15) is 0 Å². The minimum atomic E-state index is -2.53. The van der Waals surface area contributed by atoms with Gasteiger partial charge in [0.1, 0.15) is 11.2 Å². The van der Waals surface area contributed by atoms with Crippen LogP contribution in [-0.4, -0.2) is 140 Å². The van der Waals surface area contributed by atoms with Crippen LogP contribution in [0.5, 0.6) is 5.75 Å². The fraction of sp³-hybridized carbons (Fsp3) is 0.492. The lowest BCUT2D eigenvalue weighted by Crippen LogP contribution is -2.81. The van der Waals surface area contributed by atoms with Gasteiger partial charge in [-0.3, -0.25) is 24.2 Å². The molecule has 12 rings (SSSR count). The Labute approximate surface area is 477 Å². The summed E-state index contributed by atoms with van der Waals surface area (Å²) >= 11 is 12.2. The van der Waals surface area contributed by atoms with E-state index in [0.717, 1.165) is 29.3 Å². The summed E-state index contributed by atoms with van der Waals surface area (Å²) < 4.78 is 23.7. The van der Waals surface area contributed by atoms with Crippen LogP contribution < -0.4 is 15.0 Å². The fourth-order valence-corrected chi connectivity index (χ4v) is 16.8. The number of hydrogen-bond donors (Lipinski definition) is 4. The van der Waals surface area contributed by atoms with E-state index in [1.165, 1.54) is 49.8 Å². The van der Waals surface area contributed by atoms with Gasteiger partial charge in [0, 0.05) is 90.2 Å². The zero-order chi connectivity index (χ0) is 56.7. The van der Waals surface area contributed by atoms with Crippen LogP contribution in [0.15, 0.2) is 91.0 Å². The summed E-state index contributed by atoms with van der Waals surface area (Å²) in [7, 11) is 6.12. The molecule has 1 amide bonds. The molecule has 1 saturated carbocycles. The summed E-state index contributed by atoms with van der Waals surface area (Å²) in [5.74, 6) is -1.66. The van der Waals surface area contributed by atoms with E-state index in [9.17, 15) is 24.6 Å². The van der Waals surface area contributed by atoms with Crippen molar-refractivity contribution in [1.82, 2.24) is 20.1 Å². The highest BCUT2D eigenvalue weighted by Gasteiger charge is 2.81. The zero-order valence-corrected chi connectivity index (χ0v) is 48.2. The number of para-hydroxylation sites is 1. The first-order chi connectivity index (χ1) is 38.5. The number of fused-ring (bicyclic) bond motifs is 7. The van der Waals surface area contributed by atoms with Gasteiger partial charge in [-0.05, 0) is 123 Å².